The summed E-state index contributed by atoms with van der Waals surface area (Å²) in [7, 11) is 0. The van der Waals surface area contributed by atoms with Gasteiger partial charge in [0.2, 0.25) is 0 Å². The highest BCUT2D eigenvalue weighted by Crippen LogP contribution is 2.34. The third-order valence-electron chi connectivity index (χ3n) is 6.38. The van der Waals surface area contributed by atoms with Gasteiger partial charge < -0.3 is 4.74 Å². The Bertz CT molecular complexity index is 1040. The average molecular weight is 452 g/mol. The first-order valence-electron chi connectivity index (χ1n) is 11.6. The summed E-state index contributed by atoms with van der Waals surface area (Å²) in [6.45, 7) is 5.67. The first kappa shape index (κ1) is 23.1. The van der Waals surface area contributed by atoms with Crippen LogP contribution in [0.2, 0.25) is 0 Å². The molecular weight excluding hydrogens is 421 g/mol. The van der Waals surface area contributed by atoms with Crippen LogP contribution in [0, 0.1) is 18.7 Å². The minimum Gasteiger partial charge on any atom is -0.466 e. The SMILES string of the molecule is CCOC(=O)[C@H]1CCCN(CC(=O)N2N=C(c3ccc(F)cc3)C[C@@H]2c2ccccc2C)C1. The molecule has 2 atom stereocenters. The number of nitrogens with zero attached hydrogens (tertiary/aromatic N) is 3. The Hall–Kier alpha value is -3.06. The van der Waals surface area contributed by atoms with Crippen LogP contribution in [0.5, 0.6) is 0 Å². The van der Waals surface area contributed by atoms with Crippen LogP contribution in [0.3, 0.4) is 0 Å². The van der Waals surface area contributed by atoms with Gasteiger partial charge in [-0.25, -0.2) is 9.40 Å². The number of carbonyl (C=O) groups excluding carboxylic acids is 2. The van der Waals surface area contributed by atoms with E-state index in [-0.39, 0.29) is 36.2 Å². The Labute approximate surface area is 194 Å². The normalized spacial score (nSPS) is 21.1. The average Bonchev–Trinajstić information content (AvgIpc) is 3.25. The van der Waals surface area contributed by atoms with E-state index in [1.807, 2.05) is 36.1 Å². The lowest BCUT2D eigenvalue weighted by Gasteiger charge is -2.32. The summed E-state index contributed by atoms with van der Waals surface area (Å²) in [4.78, 5) is 27.7. The number of carbonyl (C=O) groups is 2. The van der Waals surface area contributed by atoms with E-state index in [4.69, 9.17) is 9.84 Å². The van der Waals surface area contributed by atoms with Crippen molar-refractivity contribution in [1.29, 1.82) is 0 Å². The van der Waals surface area contributed by atoms with Gasteiger partial charge >= 0.3 is 5.97 Å². The Morgan fingerprint density at radius 1 is 1.15 bits per heavy atom. The highest BCUT2D eigenvalue weighted by atomic mass is 19.1. The molecule has 0 spiro atoms. The monoisotopic (exact) mass is 451 g/mol. The molecular formula is C26H30FN3O3. The van der Waals surface area contributed by atoms with Crippen LogP contribution in [0.25, 0.3) is 0 Å². The highest BCUT2D eigenvalue weighted by molar-refractivity contribution is 6.03. The number of hydrogen-bond donors (Lipinski definition) is 0. The van der Waals surface area contributed by atoms with Gasteiger partial charge in [0.25, 0.3) is 5.91 Å². The van der Waals surface area contributed by atoms with Crippen LogP contribution in [-0.2, 0) is 14.3 Å². The number of likely N-dealkylation sites (tertiary alicyclic amines) is 1. The molecule has 1 amide bonds. The molecule has 1 fully saturated rings. The molecule has 2 aromatic carbocycles. The number of aryl methyl sites for hydroxylation is 1. The highest BCUT2D eigenvalue weighted by Gasteiger charge is 2.35. The second-order valence-electron chi connectivity index (χ2n) is 8.69. The van der Waals surface area contributed by atoms with Crippen LogP contribution < -0.4 is 0 Å². The van der Waals surface area contributed by atoms with Gasteiger partial charge in [-0.1, -0.05) is 36.4 Å². The first-order valence-corrected chi connectivity index (χ1v) is 11.6. The lowest BCUT2D eigenvalue weighted by molar-refractivity contribution is -0.150. The Kier molecular flexibility index (Phi) is 7.18. The number of esters is 1. The van der Waals surface area contributed by atoms with Crippen molar-refractivity contribution >= 4 is 17.6 Å². The second kappa shape index (κ2) is 10.3. The lowest BCUT2D eigenvalue weighted by atomic mass is 9.95. The molecule has 2 heterocycles. The zero-order valence-electron chi connectivity index (χ0n) is 19.2. The summed E-state index contributed by atoms with van der Waals surface area (Å²) in [5.41, 5.74) is 3.72. The van der Waals surface area contributed by atoms with Gasteiger partial charge in [-0.15, -0.1) is 0 Å². The zero-order valence-corrected chi connectivity index (χ0v) is 19.2. The zero-order chi connectivity index (χ0) is 23.4. The van der Waals surface area contributed by atoms with E-state index in [9.17, 15) is 14.0 Å². The first-order chi connectivity index (χ1) is 16.0. The van der Waals surface area contributed by atoms with Crippen molar-refractivity contribution in [3.8, 4) is 0 Å². The lowest BCUT2D eigenvalue weighted by Crippen LogP contribution is -2.44. The topological polar surface area (TPSA) is 62.2 Å². The van der Waals surface area contributed by atoms with Crippen molar-refractivity contribution in [3.63, 3.8) is 0 Å². The van der Waals surface area contributed by atoms with Crippen molar-refractivity contribution in [2.24, 2.45) is 11.0 Å². The number of halogens is 1. The van der Waals surface area contributed by atoms with Crippen molar-refractivity contribution in [3.05, 3.63) is 71.0 Å². The van der Waals surface area contributed by atoms with E-state index >= 15 is 0 Å². The molecule has 0 saturated carbocycles. The molecule has 0 aliphatic carbocycles. The molecule has 7 heteroatoms. The van der Waals surface area contributed by atoms with E-state index in [1.165, 1.54) is 12.1 Å². The largest absolute Gasteiger partial charge is 0.466 e. The van der Waals surface area contributed by atoms with Crippen LogP contribution in [0.15, 0.2) is 53.6 Å². The minimum atomic E-state index is -0.304. The van der Waals surface area contributed by atoms with E-state index in [2.05, 4.69) is 0 Å². The number of hydrazone groups is 1. The predicted octanol–water partition coefficient (Wildman–Crippen LogP) is 4.09. The molecule has 0 radical (unpaired) electrons. The number of rotatable bonds is 6. The predicted molar refractivity (Wildman–Crippen MR) is 124 cm³/mol. The molecule has 174 valence electrons. The van der Waals surface area contributed by atoms with Crippen molar-refractivity contribution in [2.45, 2.75) is 39.2 Å². The molecule has 0 bridgehead atoms. The van der Waals surface area contributed by atoms with Gasteiger partial charge in [0.05, 0.1) is 30.8 Å². The summed E-state index contributed by atoms with van der Waals surface area (Å²) < 4.78 is 18.6. The fourth-order valence-corrected chi connectivity index (χ4v) is 4.68. The number of ether oxygens (including phenoxy) is 1. The third-order valence-corrected chi connectivity index (χ3v) is 6.38. The van der Waals surface area contributed by atoms with Crippen LogP contribution in [-0.4, -0.2) is 53.7 Å². The fourth-order valence-electron chi connectivity index (χ4n) is 4.68. The summed E-state index contributed by atoms with van der Waals surface area (Å²) in [5.74, 6) is -0.799. The standard InChI is InChI=1S/C26H30FN3O3/c1-3-33-26(32)20-8-6-14-29(16-20)17-25(31)30-24(22-9-5-4-7-18(22)2)15-23(28-30)19-10-12-21(27)13-11-19/h4-5,7,9-13,20,24H,3,6,8,14-17H2,1-2H3/t20-,24+/m0/s1. The Morgan fingerprint density at radius 2 is 1.91 bits per heavy atom. The van der Waals surface area contributed by atoms with Crippen LogP contribution in [0.4, 0.5) is 4.39 Å². The maximum Gasteiger partial charge on any atom is 0.310 e. The summed E-state index contributed by atoms with van der Waals surface area (Å²) >= 11 is 0. The van der Waals surface area contributed by atoms with E-state index in [0.29, 0.717) is 19.6 Å². The van der Waals surface area contributed by atoms with E-state index < -0.39 is 0 Å². The molecule has 0 N–H and O–H groups in total. The smallest absolute Gasteiger partial charge is 0.310 e. The van der Waals surface area contributed by atoms with Crippen molar-refractivity contribution in [1.82, 2.24) is 9.91 Å². The third kappa shape index (κ3) is 5.30. The molecule has 4 rings (SSSR count). The summed E-state index contributed by atoms with van der Waals surface area (Å²) in [5, 5.41) is 6.27. The molecule has 0 aromatic heterocycles. The molecule has 1 saturated heterocycles. The number of benzene rings is 2. The summed E-state index contributed by atoms with van der Waals surface area (Å²) in [6, 6.07) is 14.0. The molecule has 2 aliphatic heterocycles. The second-order valence-corrected chi connectivity index (χ2v) is 8.69. The maximum absolute atomic E-state index is 13.4. The van der Waals surface area contributed by atoms with E-state index in [1.54, 1.807) is 24.1 Å². The Morgan fingerprint density at radius 3 is 2.64 bits per heavy atom. The van der Waals surface area contributed by atoms with Gasteiger partial charge in [-0.2, -0.15) is 5.10 Å². The molecule has 33 heavy (non-hydrogen) atoms. The minimum absolute atomic E-state index is 0.107. The van der Waals surface area contributed by atoms with Gasteiger partial charge in [0, 0.05) is 13.0 Å². The van der Waals surface area contributed by atoms with Crippen LogP contribution in [0.1, 0.15) is 48.9 Å². The van der Waals surface area contributed by atoms with Crippen molar-refractivity contribution in [2.75, 3.05) is 26.2 Å². The van der Waals surface area contributed by atoms with Gasteiger partial charge in [0.15, 0.2) is 0 Å². The Balaban J connectivity index is 1.55. The van der Waals surface area contributed by atoms with Gasteiger partial charge in [0.1, 0.15) is 5.82 Å². The molecule has 2 aliphatic rings. The van der Waals surface area contributed by atoms with E-state index in [0.717, 1.165) is 41.8 Å². The quantitative estimate of drug-likeness (QED) is 0.621. The fraction of sp³-hybridized carbons (Fsp3) is 0.423. The number of piperidine rings is 1. The summed E-state index contributed by atoms with van der Waals surface area (Å²) in [6.07, 6.45) is 2.20. The molecule has 2 aromatic rings. The number of amides is 1. The number of hydrogen-bond acceptors (Lipinski definition) is 5. The molecule has 6 nitrogen and oxygen atoms in total. The van der Waals surface area contributed by atoms with Crippen LogP contribution >= 0.6 is 0 Å². The molecule has 0 unspecified atom stereocenters. The van der Waals surface area contributed by atoms with Crippen molar-refractivity contribution < 1.29 is 18.7 Å². The van der Waals surface area contributed by atoms with Gasteiger partial charge in [-0.3, -0.25) is 14.5 Å². The maximum atomic E-state index is 13.4. The van der Waals surface area contributed by atoms with Gasteiger partial charge in [-0.05, 0) is 62.1 Å².